The van der Waals surface area contributed by atoms with E-state index in [2.05, 4.69) is 20.3 Å². The standard InChI is InChI=1S/C16H23N7O3/c1-9(23-8-21-12-13(17)19-7-20-14(12)23)15(24)18-6-10-4-5-11(26-10)16(25)22(2)3/h7-11H,4-6H2,1-3H3,(H,18,24)(H2,17,19,20). The summed E-state index contributed by atoms with van der Waals surface area (Å²) in [5, 5.41) is 2.87. The quantitative estimate of drug-likeness (QED) is 0.749. The number of amides is 2. The number of hydrogen-bond acceptors (Lipinski definition) is 7. The zero-order valence-electron chi connectivity index (χ0n) is 15.0. The van der Waals surface area contributed by atoms with Crippen molar-refractivity contribution in [2.75, 3.05) is 26.4 Å². The van der Waals surface area contributed by atoms with Crippen LogP contribution in [0, 0.1) is 0 Å². The third kappa shape index (κ3) is 3.45. The molecular formula is C16H23N7O3. The minimum absolute atomic E-state index is 0.0469. The topological polar surface area (TPSA) is 128 Å². The summed E-state index contributed by atoms with van der Waals surface area (Å²) < 4.78 is 7.38. The van der Waals surface area contributed by atoms with E-state index < -0.39 is 12.1 Å². The molecule has 3 heterocycles. The van der Waals surface area contributed by atoms with E-state index >= 15 is 0 Å². The molecule has 0 bridgehead atoms. The highest BCUT2D eigenvalue weighted by Gasteiger charge is 2.32. The predicted molar refractivity (Wildman–Crippen MR) is 94.0 cm³/mol. The van der Waals surface area contributed by atoms with Gasteiger partial charge in [0.25, 0.3) is 5.91 Å². The lowest BCUT2D eigenvalue weighted by Gasteiger charge is -2.18. The van der Waals surface area contributed by atoms with Crippen LogP contribution in [-0.4, -0.2) is 69.1 Å². The Labute approximate surface area is 150 Å². The number of aromatic nitrogens is 4. The maximum atomic E-state index is 12.5. The molecule has 1 aliphatic rings. The molecule has 0 saturated carbocycles. The second-order valence-electron chi connectivity index (χ2n) is 6.56. The summed E-state index contributed by atoms with van der Waals surface area (Å²) in [5.41, 5.74) is 6.75. The zero-order valence-corrected chi connectivity index (χ0v) is 15.0. The molecule has 1 saturated heterocycles. The number of ether oxygens (including phenoxy) is 1. The number of carbonyl (C=O) groups excluding carboxylic acids is 2. The van der Waals surface area contributed by atoms with Crippen molar-refractivity contribution < 1.29 is 14.3 Å². The normalized spacial score (nSPS) is 20.9. The van der Waals surface area contributed by atoms with Crippen LogP contribution in [0.3, 0.4) is 0 Å². The minimum Gasteiger partial charge on any atom is -0.382 e. The first-order valence-corrected chi connectivity index (χ1v) is 8.45. The fourth-order valence-corrected chi connectivity index (χ4v) is 2.97. The highest BCUT2D eigenvalue weighted by Crippen LogP contribution is 2.21. The van der Waals surface area contributed by atoms with Crippen LogP contribution in [0.2, 0.25) is 0 Å². The van der Waals surface area contributed by atoms with Crippen molar-refractivity contribution in [2.24, 2.45) is 0 Å². The third-order valence-corrected chi connectivity index (χ3v) is 4.51. The SMILES string of the molecule is CC(C(=O)NCC1CCC(C(=O)N(C)C)O1)n1cnc2c(N)ncnc21. The van der Waals surface area contributed by atoms with Gasteiger partial charge in [-0.15, -0.1) is 0 Å². The van der Waals surface area contributed by atoms with Crippen LogP contribution in [0.25, 0.3) is 11.2 Å². The minimum atomic E-state index is -0.519. The summed E-state index contributed by atoms with van der Waals surface area (Å²) in [5.74, 6) is 0.0409. The number of anilines is 1. The Morgan fingerprint density at radius 3 is 2.88 bits per heavy atom. The number of rotatable bonds is 5. The van der Waals surface area contributed by atoms with Crippen LogP contribution < -0.4 is 11.1 Å². The smallest absolute Gasteiger partial charge is 0.251 e. The van der Waals surface area contributed by atoms with Crippen LogP contribution >= 0.6 is 0 Å². The van der Waals surface area contributed by atoms with E-state index in [1.807, 2.05) is 0 Å². The molecule has 2 aromatic heterocycles. The Kier molecular flexibility index (Phi) is 5.03. The van der Waals surface area contributed by atoms with Crippen molar-refractivity contribution in [2.45, 2.75) is 38.0 Å². The number of likely N-dealkylation sites (N-methyl/N-ethyl adjacent to an activating group) is 1. The highest BCUT2D eigenvalue weighted by atomic mass is 16.5. The number of nitrogens with one attached hydrogen (secondary N) is 1. The molecular weight excluding hydrogens is 338 g/mol. The number of carbonyl (C=O) groups is 2. The van der Waals surface area contributed by atoms with E-state index in [0.29, 0.717) is 24.1 Å². The van der Waals surface area contributed by atoms with Crippen LogP contribution in [0.4, 0.5) is 5.82 Å². The van der Waals surface area contributed by atoms with Gasteiger partial charge < -0.3 is 25.3 Å². The summed E-state index contributed by atoms with van der Waals surface area (Å²) in [6.45, 7) is 2.10. The Morgan fingerprint density at radius 1 is 1.38 bits per heavy atom. The van der Waals surface area contributed by atoms with Crippen molar-refractivity contribution >= 4 is 28.8 Å². The van der Waals surface area contributed by atoms with Gasteiger partial charge in [-0.3, -0.25) is 9.59 Å². The second-order valence-corrected chi connectivity index (χ2v) is 6.56. The van der Waals surface area contributed by atoms with Gasteiger partial charge in [0.05, 0.1) is 12.4 Å². The third-order valence-electron chi connectivity index (χ3n) is 4.51. The summed E-state index contributed by atoms with van der Waals surface area (Å²) in [7, 11) is 3.41. The van der Waals surface area contributed by atoms with Crippen LogP contribution in [0.15, 0.2) is 12.7 Å². The first kappa shape index (κ1) is 18.1. The lowest BCUT2D eigenvalue weighted by Crippen LogP contribution is -2.38. The van der Waals surface area contributed by atoms with Crippen molar-refractivity contribution in [3.63, 3.8) is 0 Å². The number of imidazole rings is 1. The molecule has 3 N–H and O–H groups in total. The molecule has 0 radical (unpaired) electrons. The van der Waals surface area contributed by atoms with E-state index in [0.717, 1.165) is 6.42 Å². The van der Waals surface area contributed by atoms with E-state index in [-0.39, 0.29) is 23.7 Å². The van der Waals surface area contributed by atoms with Gasteiger partial charge in [0, 0.05) is 20.6 Å². The van der Waals surface area contributed by atoms with Crippen molar-refractivity contribution in [3.8, 4) is 0 Å². The summed E-state index contributed by atoms with van der Waals surface area (Å²) in [6, 6.07) is -0.519. The van der Waals surface area contributed by atoms with Gasteiger partial charge in [-0.1, -0.05) is 0 Å². The molecule has 0 aromatic carbocycles. The van der Waals surface area contributed by atoms with Gasteiger partial charge in [0.15, 0.2) is 11.5 Å². The van der Waals surface area contributed by atoms with E-state index in [1.54, 1.807) is 25.6 Å². The second kappa shape index (κ2) is 7.24. The monoisotopic (exact) mass is 361 g/mol. The molecule has 10 heteroatoms. The Morgan fingerprint density at radius 2 is 2.15 bits per heavy atom. The van der Waals surface area contributed by atoms with E-state index in [9.17, 15) is 9.59 Å². The molecule has 140 valence electrons. The molecule has 2 aromatic rings. The van der Waals surface area contributed by atoms with Crippen molar-refractivity contribution in [3.05, 3.63) is 12.7 Å². The maximum Gasteiger partial charge on any atom is 0.251 e. The van der Waals surface area contributed by atoms with Crippen molar-refractivity contribution in [1.29, 1.82) is 0 Å². The lowest BCUT2D eigenvalue weighted by atomic mass is 10.2. The van der Waals surface area contributed by atoms with Crippen LogP contribution in [0.1, 0.15) is 25.8 Å². The Balaban J connectivity index is 1.58. The average molecular weight is 361 g/mol. The molecule has 2 amide bonds. The van der Waals surface area contributed by atoms with Gasteiger partial charge in [-0.05, 0) is 19.8 Å². The molecule has 0 spiro atoms. The summed E-state index contributed by atoms with van der Waals surface area (Å²) >= 11 is 0. The maximum absolute atomic E-state index is 12.5. The number of nitrogen functional groups attached to an aromatic ring is 1. The molecule has 10 nitrogen and oxygen atoms in total. The van der Waals surface area contributed by atoms with Crippen molar-refractivity contribution in [1.82, 2.24) is 29.7 Å². The van der Waals surface area contributed by atoms with Crippen LogP contribution in [-0.2, 0) is 14.3 Å². The molecule has 3 atom stereocenters. The highest BCUT2D eigenvalue weighted by molar-refractivity contribution is 5.85. The summed E-state index contributed by atoms with van der Waals surface area (Å²) in [6.07, 6.45) is 3.66. The zero-order chi connectivity index (χ0) is 18.8. The molecule has 0 aliphatic carbocycles. The lowest BCUT2D eigenvalue weighted by molar-refractivity contribution is -0.140. The van der Waals surface area contributed by atoms with Gasteiger partial charge in [0.2, 0.25) is 5.91 Å². The van der Waals surface area contributed by atoms with Crippen LogP contribution in [0.5, 0.6) is 0 Å². The number of fused-ring (bicyclic) bond motifs is 1. The molecule has 3 rings (SSSR count). The van der Waals surface area contributed by atoms with E-state index in [4.69, 9.17) is 10.5 Å². The first-order valence-electron chi connectivity index (χ1n) is 8.45. The predicted octanol–water partition coefficient (Wildman–Crippen LogP) is -0.278. The van der Waals surface area contributed by atoms with Gasteiger partial charge in [-0.2, -0.15) is 0 Å². The number of nitrogens with two attached hydrogens (primary N) is 1. The van der Waals surface area contributed by atoms with Gasteiger partial charge >= 0.3 is 0 Å². The molecule has 26 heavy (non-hydrogen) atoms. The van der Waals surface area contributed by atoms with Gasteiger partial charge in [-0.25, -0.2) is 15.0 Å². The largest absolute Gasteiger partial charge is 0.382 e. The number of hydrogen-bond donors (Lipinski definition) is 2. The fraction of sp³-hybridized carbons (Fsp3) is 0.562. The number of nitrogens with zero attached hydrogens (tertiary/aromatic N) is 5. The first-order chi connectivity index (χ1) is 12.4. The van der Waals surface area contributed by atoms with E-state index in [1.165, 1.54) is 17.6 Å². The Bertz CT molecular complexity index is 819. The molecule has 1 fully saturated rings. The average Bonchev–Trinajstić information content (AvgIpc) is 3.26. The molecule has 3 unspecified atom stereocenters. The van der Waals surface area contributed by atoms with Gasteiger partial charge in [0.1, 0.15) is 24.0 Å². The molecule has 1 aliphatic heterocycles. The Hall–Kier alpha value is -2.75. The fourth-order valence-electron chi connectivity index (χ4n) is 2.97. The summed E-state index contributed by atoms with van der Waals surface area (Å²) in [4.78, 5) is 38.1.